The Morgan fingerprint density at radius 1 is 1.15 bits per heavy atom. The Labute approximate surface area is 160 Å². The van der Waals surface area contributed by atoms with Crippen molar-refractivity contribution in [1.82, 2.24) is 9.29 Å². The van der Waals surface area contributed by atoms with Gasteiger partial charge in [0.1, 0.15) is 10.7 Å². The van der Waals surface area contributed by atoms with Crippen LogP contribution in [0.3, 0.4) is 0 Å². The average Bonchev–Trinajstić information content (AvgIpc) is 2.58. The van der Waals surface area contributed by atoms with Crippen LogP contribution >= 0.6 is 11.8 Å². The summed E-state index contributed by atoms with van der Waals surface area (Å²) < 4.78 is 25.4. The highest BCUT2D eigenvalue weighted by Gasteiger charge is 2.54. The molecule has 0 radical (unpaired) electrons. The van der Waals surface area contributed by atoms with Gasteiger partial charge >= 0.3 is 0 Å². The van der Waals surface area contributed by atoms with Crippen molar-refractivity contribution in [2.75, 3.05) is 19.8 Å². The van der Waals surface area contributed by atoms with Crippen molar-refractivity contribution in [1.29, 1.82) is 0 Å². The third-order valence-corrected chi connectivity index (χ3v) is 9.21. The Morgan fingerprint density at radius 2 is 1.73 bits per heavy atom. The number of thioether (sulfide) groups is 1. The number of Topliss-reactive ketones (excluding diaryl/α,β-unsaturated/α-hetero) is 1. The van der Waals surface area contributed by atoms with Gasteiger partial charge in [0.15, 0.2) is 0 Å². The third kappa shape index (κ3) is 3.22. The lowest BCUT2D eigenvalue weighted by molar-refractivity contribution is -0.141. The van der Waals surface area contributed by atoms with E-state index >= 15 is 0 Å². The van der Waals surface area contributed by atoms with Crippen LogP contribution in [0.15, 0.2) is 28.3 Å². The minimum atomic E-state index is -3.46. The molecule has 4 bridgehead atoms. The molecule has 5 nitrogen and oxygen atoms in total. The largest absolute Gasteiger partial charge is 0.298 e. The number of rotatable bonds is 6. The second kappa shape index (κ2) is 6.60. The Bertz CT molecular complexity index is 767. The molecule has 142 valence electrons. The number of hydrogen-bond acceptors (Lipinski definition) is 5. The van der Waals surface area contributed by atoms with E-state index in [9.17, 15) is 13.2 Å². The first-order chi connectivity index (χ1) is 12.3. The van der Waals surface area contributed by atoms with Gasteiger partial charge in [0.25, 0.3) is 0 Å². The van der Waals surface area contributed by atoms with E-state index in [0.29, 0.717) is 16.6 Å². The summed E-state index contributed by atoms with van der Waals surface area (Å²) in [5.74, 6) is 3.13. The molecule has 0 atom stereocenters. The number of aromatic nitrogens is 1. The standard InChI is InChI=1S/C19H26N2O3S2/c1-21(2)26(23,24)16-3-4-18(20-11-16)25-12-17(22)19-8-13-5-14(9-19)7-15(6-13)10-19/h3-4,11,13-15H,5-10,12H2,1-2H3. The highest BCUT2D eigenvalue weighted by Crippen LogP contribution is 2.60. The molecule has 7 heteroatoms. The van der Waals surface area contributed by atoms with Crippen molar-refractivity contribution in [2.45, 2.75) is 48.4 Å². The van der Waals surface area contributed by atoms with Gasteiger partial charge in [-0.25, -0.2) is 17.7 Å². The van der Waals surface area contributed by atoms with Crippen molar-refractivity contribution in [2.24, 2.45) is 23.2 Å². The molecule has 0 unspecified atom stereocenters. The summed E-state index contributed by atoms with van der Waals surface area (Å²) in [5.41, 5.74) is -0.0735. The molecule has 0 aliphatic heterocycles. The molecule has 4 fully saturated rings. The first kappa shape index (κ1) is 18.4. The maximum Gasteiger partial charge on any atom is 0.244 e. The van der Waals surface area contributed by atoms with Crippen molar-refractivity contribution >= 4 is 27.6 Å². The van der Waals surface area contributed by atoms with Gasteiger partial charge in [0.2, 0.25) is 10.0 Å². The van der Waals surface area contributed by atoms with Crippen molar-refractivity contribution < 1.29 is 13.2 Å². The lowest BCUT2D eigenvalue weighted by Gasteiger charge is -2.56. The van der Waals surface area contributed by atoms with Crippen LogP contribution in [0, 0.1) is 23.2 Å². The maximum absolute atomic E-state index is 13.0. The molecule has 1 aromatic rings. The van der Waals surface area contributed by atoms with Crippen molar-refractivity contribution in [3.8, 4) is 0 Å². The topological polar surface area (TPSA) is 67.3 Å². The average molecular weight is 395 g/mol. The Morgan fingerprint density at radius 3 is 2.19 bits per heavy atom. The molecule has 0 N–H and O–H groups in total. The summed E-state index contributed by atoms with van der Waals surface area (Å²) in [6.07, 6.45) is 8.66. The second-order valence-electron chi connectivity index (χ2n) is 8.53. The molecule has 0 spiro atoms. The fourth-order valence-corrected chi connectivity index (χ4v) is 7.28. The van der Waals surface area contributed by atoms with Gasteiger partial charge in [-0.3, -0.25) is 4.79 Å². The smallest absolute Gasteiger partial charge is 0.244 e. The molecule has 5 rings (SSSR count). The molecule has 1 aromatic heterocycles. The normalized spacial score (nSPS) is 33.0. The number of nitrogens with zero attached hydrogens (tertiary/aromatic N) is 2. The van der Waals surface area contributed by atoms with Crippen LogP contribution in [0.25, 0.3) is 0 Å². The Kier molecular flexibility index (Phi) is 4.68. The summed E-state index contributed by atoms with van der Waals surface area (Å²) in [6.45, 7) is 0. The summed E-state index contributed by atoms with van der Waals surface area (Å²) >= 11 is 1.44. The predicted octanol–water partition coefficient (Wildman–Crippen LogP) is 3.21. The number of carbonyl (C=O) groups excluding carboxylic acids is 1. The predicted molar refractivity (Wildman–Crippen MR) is 101 cm³/mol. The van der Waals surface area contributed by atoms with Crippen LogP contribution in [0.2, 0.25) is 0 Å². The van der Waals surface area contributed by atoms with Gasteiger partial charge in [0, 0.05) is 25.7 Å². The first-order valence-electron chi connectivity index (χ1n) is 9.33. The highest BCUT2D eigenvalue weighted by atomic mass is 32.2. The zero-order chi connectivity index (χ0) is 18.5. The Hall–Kier alpha value is -0.920. The van der Waals surface area contributed by atoms with Crippen LogP contribution in [0.5, 0.6) is 0 Å². The molecule has 0 aromatic carbocycles. The summed E-state index contributed by atoms with van der Waals surface area (Å²) in [5, 5.41) is 0.709. The molecule has 0 saturated heterocycles. The summed E-state index contributed by atoms with van der Waals surface area (Å²) in [4.78, 5) is 17.5. The van der Waals surface area contributed by atoms with E-state index in [4.69, 9.17) is 0 Å². The van der Waals surface area contributed by atoms with E-state index in [2.05, 4.69) is 4.98 Å². The van der Waals surface area contributed by atoms with Crippen LogP contribution in [0.4, 0.5) is 0 Å². The zero-order valence-electron chi connectivity index (χ0n) is 15.3. The van der Waals surface area contributed by atoms with Crippen LogP contribution in [-0.4, -0.2) is 43.3 Å². The van der Waals surface area contributed by atoms with Gasteiger partial charge < -0.3 is 0 Å². The second-order valence-corrected chi connectivity index (χ2v) is 11.7. The molecular weight excluding hydrogens is 368 g/mol. The van der Waals surface area contributed by atoms with Crippen LogP contribution < -0.4 is 0 Å². The number of pyridine rings is 1. The first-order valence-corrected chi connectivity index (χ1v) is 11.8. The van der Waals surface area contributed by atoms with E-state index in [1.54, 1.807) is 12.1 Å². The molecular formula is C19H26N2O3S2. The fourth-order valence-electron chi connectivity index (χ4n) is 5.56. The van der Waals surface area contributed by atoms with Crippen LogP contribution in [0.1, 0.15) is 38.5 Å². The highest BCUT2D eigenvalue weighted by molar-refractivity contribution is 7.99. The number of sulfonamides is 1. The number of ketones is 1. The molecule has 0 amide bonds. The molecule has 4 aliphatic carbocycles. The zero-order valence-corrected chi connectivity index (χ0v) is 17.0. The maximum atomic E-state index is 13.0. The Balaban J connectivity index is 1.41. The minimum absolute atomic E-state index is 0.0735. The molecule has 4 saturated carbocycles. The van der Waals surface area contributed by atoms with E-state index in [1.165, 1.54) is 55.6 Å². The summed E-state index contributed by atoms with van der Waals surface area (Å²) in [6, 6.07) is 3.27. The van der Waals surface area contributed by atoms with E-state index in [-0.39, 0.29) is 10.3 Å². The minimum Gasteiger partial charge on any atom is -0.298 e. The van der Waals surface area contributed by atoms with Gasteiger partial charge in [0.05, 0.1) is 10.8 Å². The molecule has 1 heterocycles. The lowest BCUT2D eigenvalue weighted by atomic mass is 9.48. The lowest BCUT2D eigenvalue weighted by Crippen LogP contribution is -2.50. The van der Waals surface area contributed by atoms with Crippen LogP contribution in [-0.2, 0) is 14.8 Å². The fraction of sp³-hybridized carbons (Fsp3) is 0.684. The van der Waals surface area contributed by atoms with E-state index in [1.807, 2.05) is 0 Å². The van der Waals surface area contributed by atoms with Crippen molar-refractivity contribution in [3.63, 3.8) is 0 Å². The van der Waals surface area contributed by atoms with Gasteiger partial charge in [-0.2, -0.15) is 0 Å². The monoisotopic (exact) mass is 394 g/mol. The summed E-state index contributed by atoms with van der Waals surface area (Å²) in [7, 11) is -0.457. The number of carbonyl (C=O) groups is 1. The molecule has 4 aliphatic rings. The van der Waals surface area contributed by atoms with Gasteiger partial charge in [-0.05, 0) is 68.4 Å². The molecule has 26 heavy (non-hydrogen) atoms. The van der Waals surface area contributed by atoms with Gasteiger partial charge in [-0.1, -0.05) is 11.8 Å². The van der Waals surface area contributed by atoms with E-state index in [0.717, 1.165) is 37.0 Å². The third-order valence-electron chi connectivity index (χ3n) is 6.47. The van der Waals surface area contributed by atoms with Gasteiger partial charge in [-0.15, -0.1) is 0 Å². The van der Waals surface area contributed by atoms with E-state index < -0.39 is 10.0 Å². The van der Waals surface area contributed by atoms with Crippen molar-refractivity contribution in [3.05, 3.63) is 18.3 Å². The quantitative estimate of drug-likeness (QED) is 0.693. The number of hydrogen-bond donors (Lipinski definition) is 0. The SMILES string of the molecule is CN(C)S(=O)(=O)c1ccc(SCC(=O)C23CC4CC(CC(C4)C2)C3)nc1.